The number of β-amino-alcohol motifs (C(OH)–C–C–N with tert-alkyl or cyclic N) is 4. The van der Waals surface area contributed by atoms with Crippen molar-refractivity contribution in [1.82, 2.24) is 66.2 Å². The van der Waals surface area contributed by atoms with Crippen LogP contribution in [0.15, 0.2) is 0 Å². The van der Waals surface area contributed by atoms with Crippen LogP contribution in [0.2, 0.25) is 0 Å². The third kappa shape index (κ3) is 35.1. The van der Waals surface area contributed by atoms with Crippen molar-refractivity contribution in [3.63, 3.8) is 0 Å². The highest BCUT2D eigenvalue weighted by Gasteiger charge is 2.68. The number of nitrogens with zero attached hydrogens (tertiary/aromatic N) is 7. The minimum absolute atomic E-state index is 0.000304. The van der Waals surface area contributed by atoms with Gasteiger partial charge in [0.05, 0.1) is 79.5 Å². The predicted octanol–water partition coefficient (Wildman–Crippen LogP) is 7.14. The summed E-state index contributed by atoms with van der Waals surface area (Å²) in [6, 6.07) is 1.84. The number of aliphatic hydroxyl groups is 4. The zero-order valence-electron chi connectivity index (χ0n) is 73.7. The lowest BCUT2D eigenvalue weighted by atomic mass is 9.69. The van der Waals surface area contributed by atoms with Gasteiger partial charge in [0, 0.05) is 145 Å². The third-order valence-corrected chi connectivity index (χ3v) is 23.1. The summed E-state index contributed by atoms with van der Waals surface area (Å²) in [5.41, 5.74) is 3.17. The van der Waals surface area contributed by atoms with E-state index in [2.05, 4.69) is 144 Å². The van der Waals surface area contributed by atoms with Crippen molar-refractivity contribution in [2.45, 2.75) is 357 Å². The molecule has 0 spiro atoms. The van der Waals surface area contributed by atoms with Crippen LogP contribution in [0.25, 0.3) is 0 Å². The van der Waals surface area contributed by atoms with Crippen LogP contribution < -0.4 is 37.6 Å². The Morgan fingerprint density at radius 3 is 1.21 bits per heavy atom. The van der Waals surface area contributed by atoms with Crippen LogP contribution in [0.4, 0.5) is 22.8 Å². The zero-order valence-corrected chi connectivity index (χ0v) is 73.7. The van der Waals surface area contributed by atoms with Gasteiger partial charge >= 0.3 is 18.4 Å². The molecule has 2 saturated carbocycles. The Kier molecular flexibility index (Phi) is 43.0. The molecule has 656 valence electrons. The molecule has 0 aromatic carbocycles. The van der Waals surface area contributed by atoms with E-state index < -0.39 is 59.7 Å². The monoisotopic (exact) mass is 1610 g/mol. The molecule has 13 unspecified atom stereocenters. The molecule has 112 heavy (non-hydrogen) atoms. The standard InChI is InChI=1S/C17H35N3O3.C14H26N2O2.C14H28N2O2.C13H21F3N2O2.C12H25N3O.C12H24N2O3/c1-13(2)20-9-8-14(18-16(21)23-17(3,4)5)15(12-20)22-11-10-19(6)7;1-10(2)16-8-5-11(12(17)9-16)15-13(18)14(3)6-4-7-14;1-9(2)11(5)14(18)15-12-6-7-16(10(3)4)8-13(12)17;1-8(2)18-6-3-9(10(19)7-18)17-11(20)12(4-5-12)13(14,15)16;1-8(2)5-12(16)14-11-7-15(9(3)4)6-10(11)13;1-8(2)14-6-5-10(11(15)7-14)13-12(16)17-9(3)4/h13-15H,8-12H2,1-7H3,(H,18,21);10-12,17H,4-9H2,1-3H3,(H,15,18);9-13,17H,6-8H2,1-5H3,(H,15,18);8-10,19H,3-7H2,1-2H3,(H,17,20);8-11H,5-7,13H2,1-4H3,(H,14,16);8-11,15H,5-7H2,1-4H3,(H,13,16). The summed E-state index contributed by atoms with van der Waals surface area (Å²) in [6.07, 6.45) is -0.476. The molecule has 2 aliphatic carbocycles. The molecule has 27 nitrogen and oxygen atoms in total. The number of hydrogen-bond acceptors (Lipinski definition) is 21. The Hall–Kier alpha value is -4.31. The van der Waals surface area contributed by atoms with Gasteiger partial charge in [0.1, 0.15) is 11.0 Å². The van der Waals surface area contributed by atoms with Crippen molar-refractivity contribution >= 4 is 35.8 Å². The van der Waals surface area contributed by atoms with E-state index in [0.29, 0.717) is 94.2 Å². The number of amides is 6. The maximum atomic E-state index is 12.8. The van der Waals surface area contributed by atoms with Gasteiger partial charge in [-0.3, -0.25) is 48.6 Å². The molecule has 6 saturated heterocycles. The van der Waals surface area contributed by atoms with Crippen LogP contribution in [0.5, 0.6) is 0 Å². The highest BCUT2D eigenvalue weighted by Crippen LogP contribution is 2.58. The molecular formula is C82H159F3N14O13. The normalized spacial score (nSPS) is 27.6. The number of piperidine rings is 5. The van der Waals surface area contributed by atoms with Crippen LogP contribution in [0.3, 0.4) is 0 Å². The zero-order chi connectivity index (χ0) is 85.2. The largest absolute Gasteiger partial charge is 0.447 e. The maximum absolute atomic E-state index is 12.8. The number of ether oxygens (including phenoxy) is 3. The van der Waals surface area contributed by atoms with E-state index in [4.69, 9.17) is 19.9 Å². The highest BCUT2D eigenvalue weighted by molar-refractivity contribution is 5.86. The smallest absolute Gasteiger partial charge is 0.407 e. The average Bonchev–Trinajstić information content (AvgIpc) is 1.61. The molecule has 8 fully saturated rings. The molecule has 8 rings (SSSR count). The maximum Gasteiger partial charge on any atom is 0.407 e. The molecule has 0 aromatic rings. The Morgan fingerprint density at radius 2 is 0.875 bits per heavy atom. The fourth-order valence-electron chi connectivity index (χ4n) is 14.4. The molecule has 0 radical (unpaired) electrons. The molecule has 30 heteroatoms. The third-order valence-electron chi connectivity index (χ3n) is 23.1. The fraction of sp³-hybridized carbons (Fsp3) is 0.927. The first-order valence-corrected chi connectivity index (χ1v) is 42.2. The number of likely N-dealkylation sites (N-methyl/N-ethyl adjacent to an activating group) is 1. The summed E-state index contributed by atoms with van der Waals surface area (Å²) < 4.78 is 54.9. The van der Waals surface area contributed by atoms with E-state index in [-0.39, 0.29) is 102 Å². The van der Waals surface area contributed by atoms with Gasteiger partial charge < -0.3 is 77.2 Å². The Bertz CT molecular complexity index is 2770. The van der Waals surface area contributed by atoms with Crippen LogP contribution in [-0.4, -0.2) is 323 Å². The second kappa shape index (κ2) is 47.3. The van der Waals surface area contributed by atoms with Gasteiger partial charge in [-0.25, -0.2) is 9.59 Å². The molecule has 12 N–H and O–H groups in total. The minimum Gasteiger partial charge on any atom is -0.447 e. The number of nitrogens with one attached hydrogen (secondary N) is 6. The van der Waals surface area contributed by atoms with Crippen LogP contribution in [0, 0.1) is 28.6 Å². The van der Waals surface area contributed by atoms with Crippen molar-refractivity contribution in [3.05, 3.63) is 0 Å². The molecule has 0 bridgehead atoms. The topological polar surface area (TPSA) is 332 Å². The number of carbonyl (C=O) groups is 6. The van der Waals surface area contributed by atoms with Crippen LogP contribution >= 0.6 is 0 Å². The Labute approximate surface area is 672 Å². The van der Waals surface area contributed by atoms with Gasteiger partial charge in [-0.15, -0.1) is 0 Å². The highest BCUT2D eigenvalue weighted by atomic mass is 19.4. The first-order chi connectivity index (χ1) is 51.8. The predicted molar refractivity (Wildman–Crippen MR) is 436 cm³/mol. The van der Waals surface area contributed by atoms with Gasteiger partial charge in [-0.1, -0.05) is 48.0 Å². The first-order valence-electron chi connectivity index (χ1n) is 42.2. The van der Waals surface area contributed by atoms with Crippen molar-refractivity contribution in [3.8, 4) is 0 Å². The summed E-state index contributed by atoms with van der Waals surface area (Å²) in [6.45, 7) is 57.7. The molecule has 6 aliphatic heterocycles. The number of alkyl carbamates (subject to hydrolysis) is 2. The number of halogens is 3. The lowest BCUT2D eigenvalue weighted by Crippen LogP contribution is -2.58. The molecule has 6 amide bonds. The van der Waals surface area contributed by atoms with Crippen molar-refractivity contribution in [1.29, 1.82) is 0 Å². The van der Waals surface area contributed by atoms with Crippen LogP contribution in [-0.2, 0) is 33.4 Å². The number of likely N-dealkylation sites (tertiary alicyclic amines) is 6. The summed E-state index contributed by atoms with van der Waals surface area (Å²) in [5.74, 6) is 0.0769. The van der Waals surface area contributed by atoms with E-state index in [1.807, 2.05) is 81.3 Å². The second-order valence-electron chi connectivity index (χ2n) is 37.1. The lowest BCUT2D eigenvalue weighted by molar-refractivity contribution is -0.193. The second-order valence-corrected chi connectivity index (χ2v) is 37.1. The molecule has 0 aromatic heterocycles. The summed E-state index contributed by atoms with van der Waals surface area (Å²) in [4.78, 5) is 86.7. The molecule has 13 atom stereocenters. The van der Waals surface area contributed by atoms with E-state index in [9.17, 15) is 62.4 Å². The minimum atomic E-state index is -4.50. The first kappa shape index (κ1) is 102. The summed E-state index contributed by atoms with van der Waals surface area (Å²) >= 11 is 0. The molecular weight excluding hydrogens is 1450 g/mol. The van der Waals surface area contributed by atoms with Crippen molar-refractivity contribution in [2.75, 3.05) is 106 Å². The molecule has 8 aliphatic rings. The summed E-state index contributed by atoms with van der Waals surface area (Å²) in [5, 5.41) is 57.4. The van der Waals surface area contributed by atoms with Gasteiger partial charge in [0.15, 0.2) is 0 Å². The van der Waals surface area contributed by atoms with E-state index in [0.717, 1.165) is 97.3 Å². The van der Waals surface area contributed by atoms with E-state index >= 15 is 0 Å². The van der Waals surface area contributed by atoms with Gasteiger partial charge in [0.2, 0.25) is 23.6 Å². The lowest BCUT2D eigenvalue weighted by Gasteiger charge is -2.42. The quantitative estimate of drug-likeness (QED) is 0.0484. The number of alkyl halides is 3. The number of rotatable bonds is 23. The van der Waals surface area contributed by atoms with Gasteiger partial charge in [-0.2, -0.15) is 13.2 Å². The Morgan fingerprint density at radius 1 is 0.491 bits per heavy atom. The average molecular weight is 1610 g/mol. The van der Waals surface area contributed by atoms with Crippen molar-refractivity contribution in [2.24, 2.45) is 34.3 Å². The Balaban J connectivity index is 0.000000349. The number of nitrogens with two attached hydrogens (primary N) is 1. The SMILES string of the molecule is CC(C)C(C)C(=O)NC1CCN(C(C)C)CC1O.CC(C)CC(=O)NC1CN(C(C)C)CC1N.CC(C)N1CCC(NC(=O)C2(C(F)(F)F)CC2)C(O)C1.CC(C)N1CCC(NC(=O)C2(C)CCC2)C(O)C1.CC(C)N1CCC(NC(=O)OC(C)(C)C)C(OCCN(C)C)C1.CC(C)OC(=O)NC1CCN(C(C)C)CC1O. The van der Waals surface area contributed by atoms with E-state index in [1.165, 1.54) is 0 Å². The fourth-order valence-corrected chi connectivity index (χ4v) is 14.4. The van der Waals surface area contributed by atoms with Crippen LogP contribution in [0.1, 0.15) is 230 Å². The number of aliphatic hydroxyl groups excluding tert-OH is 4. The van der Waals surface area contributed by atoms with Gasteiger partial charge in [0.25, 0.3) is 0 Å². The van der Waals surface area contributed by atoms with E-state index in [1.54, 1.807) is 13.8 Å². The summed E-state index contributed by atoms with van der Waals surface area (Å²) in [7, 11) is 4.06. The number of hydrogen-bond donors (Lipinski definition) is 11. The van der Waals surface area contributed by atoms with Gasteiger partial charge in [-0.05, 0) is 201 Å². The van der Waals surface area contributed by atoms with Crippen molar-refractivity contribution < 1.29 is 76.6 Å². The number of carbonyl (C=O) groups excluding carboxylic acids is 6. The molecule has 6 heterocycles.